The zero-order valence-electron chi connectivity index (χ0n) is 14.0. The Morgan fingerprint density at radius 2 is 2.24 bits per heavy atom. The van der Waals surface area contributed by atoms with Crippen LogP contribution in [0.5, 0.6) is 0 Å². The minimum Gasteiger partial charge on any atom is -0.377 e. The summed E-state index contributed by atoms with van der Waals surface area (Å²) in [5, 5.41) is 8.37. The number of aryl methyl sites for hydroxylation is 2. The van der Waals surface area contributed by atoms with Crippen LogP contribution in [0, 0.1) is 31.1 Å². The summed E-state index contributed by atoms with van der Waals surface area (Å²) in [5.74, 6) is 1.31. The van der Waals surface area contributed by atoms with E-state index in [0.717, 1.165) is 31.3 Å². The quantitative estimate of drug-likeness (QED) is 0.906. The van der Waals surface area contributed by atoms with Gasteiger partial charge in [0.2, 0.25) is 0 Å². The topological polar surface area (TPSA) is 39.1 Å². The van der Waals surface area contributed by atoms with E-state index in [1.54, 1.807) is 0 Å². The van der Waals surface area contributed by atoms with Gasteiger partial charge in [0.15, 0.2) is 0 Å². The largest absolute Gasteiger partial charge is 0.377 e. The van der Waals surface area contributed by atoms with E-state index in [0.29, 0.717) is 18.1 Å². The Morgan fingerprint density at radius 1 is 1.48 bits per heavy atom. The van der Waals surface area contributed by atoms with Crippen molar-refractivity contribution in [3.8, 4) is 0 Å². The lowest BCUT2D eigenvalue weighted by Gasteiger charge is -2.55. The van der Waals surface area contributed by atoms with Gasteiger partial charge in [0.25, 0.3) is 0 Å². The summed E-state index contributed by atoms with van der Waals surface area (Å²) in [6, 6.07) is 2.75. The van der Waals surface area contributed by atoms with Gasteiger partial charge in [-0.1, -0.05) is 20.8 Å². The lowest BCUT2D eigenvalue weighted by atomic mass is 9.57. The molecule has 0 unspecified atom stereocenters. The molecule has 1 N–H and O–H groups in total. The Hall–Kier alpha value is -0.870. The number of nitrogens with one attached hydrogen (secondary N) is 1. The fraction of sp³-hybridized carbons (Fsp3) is 0.824. The van der Waals surface area contributed by atoms with E-state index < -0.39 is 0 Å². The summed E-state index contributed by atoms with van der Waals surface area (Å²) in [7, 11) is 0. The molecule has 1 saturated carbocycles. The van der Waals surface area contributed by atoms with Crippen LogP contribution in [0.25, 0.3) is 0 Å². The molecule has 4 heteroatoms. The van der Waals surface area contributed by atoms with Crippen LogP contribution in [0.4, 0.5) is 0 Å². The average Bonchev–Trinajstić information content (AvgIpc) is 2.95. The van der Waals surface area contributed by atoms with Crippen LogP contribution >= 0.6 is 0 Å². The number of hydrogen-bond acceptors (Lipinski definition) is 3. The van der Waals surface area contributed by atoms with E-state index in [4.69, 9.17) is 4.74 Å². The summed E-state index contributed by atoms with van der Waals surface area (Å²) < 4.78 is 8.00. The zero-order chi connectivity index (χ0) is 15.2. The monoisotopic (exact) mass is 291 g/mol. The van der Waals surface area contributed by atoms with Gasteiger partial charge in [-0.25, -0.2) is 0 Å². The first kappa shape index (κ1) is 15.0. The molecular formula is C17H29N3O. The number of fused-ring (bicyclic) bond motifs is 1. The third-order valence-electron chi connectivity index (χ3n) is 5.37. The molecule has 4 nitrogen and oxygen atoms in total. The molecule has 1 aromatic rings. The zero-order valence-corrected chi connectivity index (χ0v) is 14.0. The van der Waals surface area contributed by atoms with E-state index in [2.05, 4.69) is 55.8 Å². The molecule has 1 saturated heterocycles. The average molecular weight is 291 g/mol. The predicted octanol–water partition coefficient (Wildman–Crippen LogP) is 2.54. The lowest BCUT2D eigenvalue weighted by molar-refractivity contribution is -0.113. The molecule has 2 aliphatic rings. The molecule has 118 valence electrons. The summed E-state index contributed by atoms with van der Waals surface area (Å²) in [4.78, 5) is 0. The van der Waals surface area contributed by atoms with Gasteiger partial charge in [0.05, 0.1) is 11.8 Å². The second kappa shape index (κ2) is 5.40. The molecule has 0 bridgehead atoms. The Morgan fingerprint density at radius 3 is 2.90 bits per heavy atom. The predicted molar refractivity (Wildman–Crippen MR) is 84.3 cm³/mol. The van der Waals surface area contributed by atoms with Gasteiger partial charge in [0, 0.05) is 36.2 Å². The Balaban J connectivity index is 1.52. The molecule has 0 aromatic carbocycles. The molecule has 1 aliphatic heterocycles. The third kappa shape index (κ3) is 2.64. The fourth-order valence-electron chi connectivity index (χ4n) is 4.29. The number of rotatable bonds is 5. The number of hydrogen-bond donors (Lipinski definition) is 1. The van der Waals surface area contributed by atoms with Crippen molar-refractivity contribution in [2.75, 3.05) is 13.2 Å². The standard InChI is InChI=1S/C17H29N3O/c1-11(10-20-13(3)8-12(2)19-20)9-18-15-14-6-7-21-16(14)17(15,4)5/h8,11,14-16,18H,6-7,9-10H2,1-5H3/t11-,14-,15-,16+/m1/s1. The van der Waals surface area contributed by atoms with Crippen molar-refractivity contribution in [3.63, 3.8) is 0 Å². The van der Waals surface area contributed by atoms with E-state index in [9.17, 15) is 0 Å². The van der Waals surface area contributed by atoms with Crippen LogP contribution in [-0.4, -0.2) is 35.1 Å². The maximum atomic E-state index is 5.86. The summed E-state index contributed by atoms with van der Waals surface area (Å²) in [5.41, 5.74) is 2.64. The van der Waals surface area contributed by atoms with Gasteiger partial charge in [-0.05, 0) is 38.8 Å². The normalized spacial score (nSPS) is 31.8. The van der Waals surface area contributed by atoms with Crippen LogP contribution in [0.2, 0.25) is 0 Å². The van der Waals surface area contributed by atoms with Crippen molar-refractivity contribution in [1.29, 1.82) is 0 Å². The maximum Gasteiger partial charge on any atom is 0.0685 e. The van der Waals surface area contributed by atoms with Crippen LogP contribution in [0.15, 0.2) is 6.07 Å². The molecular weight excluding hydrogens is 262 g/mol. The van der Waals surface area contributed by atoms with E-state index in [-0.39, 0.29) is 5.41 Å². The van der Waals surface area contributed by atoms with Crippen molar-refractivity contribution >= 4 is 0 Å². The van der Waals surface area contributed by atoms with Crippen LogP contribution in [-0.2, 0) is 11.3 Å². The number of aromatic nitrogens is 2. The van der Waals surface area contributed by atoms with Gasteiger partial charge in [0.1, 0.15) is 0 Å². The Labute approximate surface area is 128 Å². The van der Waals surface area contributed by atoms with Gasteiger partial charge >= 0.3 is 0 Å². The molecule has 2 heterocycles. The van der Waals surface area contributed by atoms with Gasteiger partial charge in [-0.15, -0.1) is 0 Å². The first-order chi connectivity index (χ1) is 9.89. The molecule has 0 amide bonds. The van der Waals surface area contributed by atoms with Crippen molar-refractivity contribution in [2.45, 2.75) is 59.7 Å². The highest BCUT2D eigenvalue weighted by Crippen LogP contribution is 2.52. The Bertz CT molecular complexity index is 508. The second-order valence-electron chi connectivity index (χ2n) is 7.67. The van der Waals surface area contributed by atoms with Crippen molar-refractivity contribution in [3.05, 3.63) is 17.5 Å². The van der Waals surface area contributed by atoms with Gasteiger partial charge < -0.3 is 10.1 Å². The van der Waals surface area contributed by atoms with Crippen molar-refractivity contribution < 1.29 is 4.74 Å². The van der Waals surface area contributed by atoms with Gasteiger partial charge in [-0.3, -0.25) is 4.68 Å². The second-order valence-corrected chi connectivity index (χ2v) is 7.67. The summed E-state index contributed by atoms with van der Waals surface area (Å²) in [6.45, 7) is 14.2. The third-order valence-corrected chi connectivity index (χ3v) is 5.37. The highest BCUT2D eigenvalue weighted by molar-refractivity contribution is 5.11. The van der Waals surface area contributed by atoms with Gasteiger partial charge in [-0.2, -0.15) is 5.10 Å². The molecule has 21 heavy (non-hydrogen) atoms. The highest BCUT2D eigenvalue weighted by atomic mass is 16.5. The molecule has 1 aliphatic carbocycles. The molecule has 1 aromatic heterocycles. The first-order valence-electron chi connectivity index (χ1n) is 8.25. The smallest absolute Gasteiger partial charge is 0.0685 e. The Kier molecular flexibility index (Phi) is 3.87. The minimum absolute atomic E-state index is 0.277. The first-order valence-corrected chi connectivity index (χ1v) is 8.25. The van der Waals surface area contributed by atoms with E-state index >= 15 is 0 Å². The SMILES string of the molecule is Cc1cc(C)n(C[C@H](C)CN[C@@H]2[C@H]3CCO[C@@H]3C2(C)C)n1. The maximum absolute atomic E-state index is 5.86. The minimum atomic E-state index is 0.277. The molecule has 0 radical (unpaired) electrons. The van der Waals surface area contributed by atoms with Crippen LogP contribution in [0.3, 0.4) is 0 Å². The van der Waals surface area contributed by atoms with E-state index in [1.807, 2.05) is 0 Å². The highest BCUT2D eigenvalue weighted by Gasteiger charge is 2.58. The molecule has 2 fully saturated rings. The number of nitrogens with zero attached hydrogens (tertiary/aromatic N) is 2. The molecule has 3 rings (SSSR count). The molecule has 0 spiro atoms. The van der Waals surface area contributed by atoms with Crippen LogP contribution < -0.4 is 5.32 Å². The van der Waals surface area contributed by atoms with Crippen molar-refractivity contribution in [2.24, 2.45) is 17.3 Å². The van der Waals surface area contributed by atoms with Crippen LogP contribution in [0.1, 0.15) is 38.6 Å². The van der Waals surface area contributed by atoms with Crippen molar-refractivity contribution in [1.82, 2.24) is 15.1 Å². The number of ether oxygens (including phenoxy) is 1. The summed E-state index contributed by atoms with van der Waals surface area (Å²) >= 11 is 0. The van der Waals surface area contributed by atoms with E-state index in [1.165, 1.54) is 12.1 Å². The summed E-state index contributed by atoms with van der Waals surface area (Å²) in [6.07, 6.45) is 1.69. The molecule has 4 atom stereocenters. The fourth-order valence-corrected chi connectivity index (χ4v) is 4.29. The lowest BCUT2D eigenvalue weighted by Crippen LogP contribution is -2.66.